The van der Waals surface area contributed by atoms with Gasteiger partial charge in [0.25, 0.3) is 0 Å². The number of aromatic nitrogens is 2. The highest BCUT2D eigenvalue weighted by atomic mass is 35.5. The minimum absolute atomic E-state index is 0.547. The van der Waals surface area contributed by atoms with Gasteiger partial charge < -0.3 is 10.6 Å². The van der Waals surface area contributed by atoms with E-state index >= 15 is 0 Å². The number of nitrogens with one attached hydrogen (secondary N) is 2. The number of fused-ring (bicyclic) bond motifs is 1. The van der Waals surface area contributed by atoms with Crippen molar-refractivity contribution in [1.29, 1.82) is 0 Å². The van der Waals surface area contributed by atoms with Crippen LogP contribution in [0.4, 0.5) is 17.5 Å². The van der Waals surface area contributed by atoms with E-state index in [2.05, 4.69) is 20.6 Å². The maximum atomic E-state index is 6.17. The first-order chi connectivity index (χ1) is 9.67. The molecule has 3 rings (SSSR count). The fourth-order valence-corrected chi connectivity index (χ4v) is 3.00. The largest absolute Gasteiger partial charge is 0.357 e. The quantitative estimate of drug-likeness (QED) is 0.727. The second-order valence-electron chi connectivity index (χ2n) is 4.03. The zero-order valence-electron chi connectivity index (χ0n) is 10.4. The molecule has 0 radical (unpaired) electrons. The summed E-state index contributed by atoms with van der Waals surface area (Å²) in [7, 11) is 1.79. The minimum atomic E-state index is 0.547. The Morgan fingerprint density at radius 2 is 2.00 bits per heavy atom. The number of nitrogens with zero attached hydrogens (tertiary/aromatic N) is 2. The van der Waals surface area contributed by atoms with E-state index in [0.29, 0.717) is 21.8 Å². The van der Waals surface area contributed by atoms with Crippen LogP contribution in [0.1, 0.15) is 0 Å². The monoisotopic (exact) mass is 324 g/mol. The summed E-state index contributed by atoms with van der Waals surface area (Å²) in [4.78, 5) is 9.74. The van der Waals surface area contributed by atoms with Crippen LogP contribution in [0.5, 0.6) is 0 Å². The summed E-state index contributed by atoms with van der Waals surface area (Å²) in [5.74, 6) is 1.28. The lowest BCUT2D eigenvalue weighted by Crippen LogP contribution is -2.01. The van der Waals surface area contributed by atoms with Gasteiger partial charge in [0, 0.05) is 12.1 Å². The van der Waals surface area contributed by atoms with Crippen LogP contribution in [0, 0.1) is 0 Å². The Hall–Kier alpha value is -1.56. The predicted molar refractivity (Wildman–Crippen MR) is 86.7 cm³/mol. The van der Waals surface area contributed by atoms with Crippen molar-refractivity contribution in [3.8, 4) is 0 Å². The Balaban J connectivity index is 2.07. The van der Waals surface area contributed by atoms with Crippen molar-refractivity contribution in [2.45, 2.75) is 0 Å². The average molecular weight is 325 g/mol. The Labute approximate surface area is 129 Å². The van der Waals surface area contributed by atoms with E-state index in [1.807, 2.05) is 17.5 Å². The van der Waals surface area contributed by atoms with E-state index in [9.17, 15) is 0 Å². The van der Waals surface area contributed by atoms with Gasteiger partial charge in [0.15, 0.2) is 0 Å². The molecule has 0 unspecified atom stereocenters. The van der Waals surface area contributed by atoms with Gasteiger partial charge in [0.1, 0.15) is 10.6 Å². The van der Waals surface area contributed by atoms with Crippen molar-refractivity contribution in [2.75, 3.05) is 17.7 Å². The molecule has 0 saturated carbocycles. The lowest BCUT2D eigenvalue weighted by Gasteiger charge is -2.10. The maximum Gasteiger partial charge on any atom is 0.225 e. The number of anilines is 3. The summed E-state index contributed by atoms with van der Waals surface area (Å²) < 4.78 is 0. The van der Waals surface area contributed by atoms with Crippen molar-refractivity contribution < 1.29 is 0 Å². The number of hydrogen-bond donors (Lipinski definition) is 2. The molecule has 0 atom stereocenters. The van der Waals surface area contributed by atoms with Gasteiger partial charge >= 0.3 is 0 Å². The molecule has 0 amide bonds. The number of rotatable bonds is 3. The van der Waals surface area contributed by atoms with Crippen LogP contribution >= 0.6 is 34.5 Å². The molecule has 1 aromatic carbocycles. The van der Waals surface area contributed by atoms with Crippen LogP contribution in [0.15, 0.2) is 29.6 Å². The molecule has 0 aliphatic heterocycles. The number of benzene rings is 1. The van der Waals surface area contributed by atoms with Crippen molar-refractivity contribution >= 4 is 62.2 Å². The van der Waals surface area contributed by atoms with Crippen molar-refractivity contribution in [3.05, 3.63) is 39.7 Å². The van der Waals surface area contributed by atoms with Crippen LogP contribution in [-0.4, -0.2) is 17.0 Å². The third kappa shape index (κ3) is 2.52. The molecule has 2 aromatic heterocycles. The molecule has 0 aliphatic rings. The first-order valence-electron chi connectivity index (χ1n) is 5.82. The van der Waals surface area contributed by atoms with Gasteiger partial charge in [-0.25, -0.2) is 4.98 Å². The summed E-state index contributed by atoms with van der Waals surface area (Å²) in [6, 6.07) is 7.27. The van der Waals surface area contributed by atoms with Gasteiger partial charge in [-0.1, -0.05) is 23.2 Å². The Morgan fingerprint density at radius 3 is 2.75 bits per heavy atom. The zero-order valence-corrected chi connectivity index (χ0v) is 12.8. The van der Waals surface area contributed by atoms with Crippen LogP contribution < -0.4 is 10.6 Å². The van der Waals surface area contributed by atoms with E-state index in [-0.39, 0.29) is 0 Å². The molecule has 2 N–H and O–H groups in total. The van der Waals surface area contributed by atoms with Gasteiger partial charge in [-0.05, 0) is 29.6 Å². The summed E-state index contributed by atoms with van der Waals surface area (Å²) in [5, 5.41) is 10.3. The molecular weight excluding hydrogens is 315 g/mol. The molecule has 0 spiro atoms. The highest BCUT2D eigenvalue weighted by molar-refractivity contribution is 7.16. The topological polar surface area (TPSA) is 49.8 Å². The highest BCUT2D eigenvalue weighted by Gasteiger charge is 2.10. The Bertz CT molecular complexity index is 772. The van der Waals surface area contributed by atoms with Crippen LogP contribution in [0.3, 0.4) is 0 Å². The van der Waals surface area contributed by atoms with Crippen molar-refractivity contribution in [2.24, 2.45) is 0 Å². The molecule has 0 saturated heterocycles. The smallest absolute Gasteiger partial charge is 0.225 e. The average Bonchev–Trinajstić information content (AvgIpc) is 2.90. The van der Waals surface area contributed by atoms with Gasteiger partial charge in [-0.15, -0.1) is 11.3 Å². The van der Waals surface area contributed by atoms with Gasteiger partial charge in [0.2, 0.25) is 5.95 Å². The number of hydrogen-bond acceptors (Lipinski definition) is 5. The molecule has 3 aromatic rings. The van der Waals surface area contributed by atoms with E-state index < -0.39 is 0 Å². The van der Waals surface area contributed by atoms with Crippen LogP contribution in [0.2, 0.25) is 10.0 Å². The second kappa shape index (κ2) is 5.44. The lowest BCUT2D eigenvalue weighted by atomic mass is 10.3. The third-order valence-corrected chi connectivity index (χ3v) is 4.09. The molecule has 2 heterocycles. The first kappa shape index (κ1) is 13.4. The Kier molecular flexibility index (Phi) is 3.65. The third-order valence-electron chi connectivity index (χ3n) is 2.73. The van der Waals surface area contributed by atoms with E-state index in [1.165, 1.54) is 0 Å². The van der Waals surface area contributed by atoms with Gasteiger partial charge in [-0.2, -0.15) is 4.98 Å². The molecule has 0 aliphatic carbocycles. The molecule has 20 heavy (non-hydrogen) atoms. The predicted octanol–water partition coefficient (Wildman–Crippen LogP) is 4.78. The maximum absolute atomic E-state index is 6.17. The molecular formula is C13H10Cl2N4S. The van der Waals surface area contributed by atoms with E-state index in [4.69, 9.17) is 23.2 Å². The summed E-state index contributed by atoms with van der Waals surface area (Å²) >= 11 is 13.6. The molecule has 0 bridgehead atoms. The standard InChI is InChI=1S/C13H10Cl2N4S/c1-16-13-18-11(8-4-5-20-12(8)19-13)17-10-3-2-7(14)6-9(10)15/h2-6H,1H3,(H2,16,17,18,19). The van der Waals surface area contributed by atoms with E-state index in [1.54, 1.807) is 30.5 Å². The molecule has 4 nitrogen and oxygen atoms in total. The van der Waals surface area contributed by atoms with Crippen LogP contribution in [0.25, 0.3) is 10.2 Å². The summed E-state index contributed by atoms with van der Waals surface area (Å²) in [5.41, 5.74) is 0.754. The van der Waals surface area contributed by atoms with Crippen molar-refractivity contribution in [1.82, 2.24) is 9.97 Å². The van der Waals surface area contributed by atoms with Crippen molar-refractivity contribution in [3.63, 3.8) is 0 Å². The SMILES string of the molecule is CNc1nc(Nc2ccc(Cl)cc2Cl)c2ccsc2n1. The first-order valence-corrected chi connectivity index (χ1v) is 7.46. The second-order valence-corrected chi connectivity index (χ2v) is 5.77. The fraction of sp³-hybridized carbons (Fsp3) is 0.0769. The minimum Gasteiger partial charge on any atom is -0.357 e. The van der Waals surface area contributed by atoms with Crippen LogP contribution in [-0.2, 0) is 0 Å². The number of thiophene rings is 1. The molecule has 7 heteroatoms. The van der Waals surface area contributed by atoms with Gasteiger partial charge in [-0.3, -0.25) is 0 Å². The zero-order chi connectivity index (χ0) is 14.1. The fourth-order valence-electron chi connectivity index (χ4n) is 1.78. The van der Waals surface area contributed by atoms with E-state index in [0.717, 1.165) is 15.9 Å². The lowest BCUT2D eigenvalue weighted by molar-refractivity contribution is 1.20. The molecule has 0 fully saturated rings. The summed E-state index contributed by atoms with van der Waals surface area (Å²) in [6.07, 6.45) is 0. The normalized spacial score (nSPS) is 10.8. The Morgan fingerprint density at radius 1 is 1.15 bits per heavy atom. The van der Waals surface area contributed by atoms with Gasteiger partial charge in [0.05, 0.1) is 16.1 Å². The molecule has 102 valence electrons. The number of halogens is 2. The summed E-state index contributed by atoms with van der Waals surface area (Å²) in [6.45, 7) is 0. The highest BCUT2D eigenvalue weighted by Crippen LogP contribution is 2.32.